The molecule has 7 nitrogen and oxygen atoms in total. The molecule has 0 spiro atoms. The zero-order valence-corrected chi connectivity index (χ0v) is 16.0. The highest BCUT2D eigenvalue weighted by Crippen LogP contribution is 2.19. The van der Waals surface area contributed by atoms with Gasteiger partial charge in [0.25, 0.3) is 5.91 Å². The fourth-order valence-corrected chi connectivity index (χ4v) is 3.30. The first kappa shape index (κ1) is 19.5. The van der Waals surface area contributed by atoms with E-state index in [1.54, 1.807) is 24.4 Å². The molecule has 1 aromatic heterocycles. The number of carbonyl (C=O) groups is 3. The minimum atomic E-state index is -0.575. The molecule has 3 aromatic rings. The van der Waals surface area contributed by atoms with Crippen LogP contribution in [-0.4, -0.2) is 36.0 Å². The molecule has 0 unspecified atom stereocenters. The van der Waals surface area contributed by atoms with Crippen molar-refractivity contribution in [3.63, 3.8) is 0 Å². The standard InChI is InChI=1S/C20H18N2O5S/c1-2-26-18(24)10-14-12-28-20(21-14)22-17(23)11-27-19(25)16-9-5-7-13-6-3-4-8-15(13)16/h3-9,12H,2,10-11H2,1H3,(H,21,22,23). The van der Waals surface area contributed by atoms with Crippen LogP contribution in [0.1, 0.15) is 23.0 Å². The number of benzene rings is 2. The van der Waals surface area contributed by atoms with Crippen molar-refractivity contribution in [3.8, 4) is 0 Å². The van der Waals surface area contributed by atoms with Gasteiger partial charge in [0, 0.05) is 5.38 Å². The Kier molecular flexibility index (Phi) is 6.33. The fraction of sp³-hybridized carbons (Fsp3) is 0.200. The Labute approximate surface area is 165 Å². The molecule has 2 aromatic carbocycles. The van der Waals surface area contributed by atoms with Gasteiger partial charge in [-0.05, 0) is 23.8 Å². The first-order valence-electron chi connectivity index (χ1n) is 8.61. The van der Waals surface area contributed by atoms with Gasteiger partial charge in [-0.1, -0.05) is 36.4 Å². The molecule has 0 saturated carbocycles. The number of anilines is 1. The van der Waals surface area contributed by atoms with Crippen LogP contribution in [0.2, 0.25) is 0 Å². The number of carbonyl (C=O) groups excluding carboxylic acids is 3. The van der Waals surface area contributed by atoms with E-state index in [4.69, 9.17) is 9.47 Å². The molecule has 1 N–H and O–H groups in total. The Morgan fingerprint density at radius 2 is 1.86 bits per heavy atom. The summed E-state index contributed by atoms with van der Waals surface area (Å²) in [5, 5.41) is 6.21. The molecule has 3 rings (SSSR count). The van der Waals surface area contributed by atoms with E-state index in [9.17, 15) is 14.4 Å². The van der Waals surface area contributed by atoms with Crippen molar-refractivity contribution in [3.05, 3.63) is 59.1 Å². The maximum absolute atomic E-state index is 12.3. The van der Waals surface area contributed by atoms with Crippen LogP contribution in [0.5, 0.6) is 0 Å². The SMILES string of the molecule is CCOC(=O)Cc1csc(NC(=O)COC(=O)c2cccc3ccccc23)n1. The van der Waals surface area contributed by atoms with Gasteiger partial charge in [-0.2, -0.15) is 0 Å². The second-order valence-corrected chi connectivity index (χ2v) is 6.63. The van der Waals surface area contributed by atoms with Crippen molar-refractivity contribution in [1.29, 1.82) is 0 Å². The number of nitrogens with one attached hydrogen (secondary N) is 1. The molecular weight excluding hydrogens is 380 g/mol. The lowest BCUT2D eigenvalue weighted by Crippen LogP contribution is -2.21. The Hall–Kier alpha value is -3.26. The first-order valence-corrected chi connectivity index (χ1v) is 9.49. The van der Waals surface area contributed by atoms with Gasteiger partial charge in [0.15, 0.2) is 11.7 Å². The first-order chi connectivity index (χ1) is 13.6. The topological polar surface area (TPSA) is 94.6 Å². The molecule has 28 heavy (non-hydrogen) atoms. The number of esters is 2. The van der Waals surface area contributed by atoms with Gasteiger partial charge in [0.2, 0.25) is 0 Å². The second-order valence-electron chi connectivity index (χ2n) is 5.78. The second kappa shape index (κ2) is 9.09. The lowest BCUT2D eigenvalue weighted by Gasteiger charge is -2.07. The molecule has 0 atom stereocenters. The van der Waals surface area contributed by atoms with E-state index in [0.29, 0.717) is 23.0 Å². The van der Waals surface area contributed by atoms with Gasteiger partial charge >= 0.3 is 11.9 Å². The quantitative estimate of drug-likeness (QED) is 0.614. The average Bonchev–Trinajstić information content (AvgIpc) is 3.12. The highest BCUT2D eigenvalue weighted by atomic mass is 32.1. The summed E-state index contributed by atoms with van der Waals surface area (Å²) < 4.78 is 9.98. The normalized spacial score (nSPS) is 10.5. The number of nitrogens with zero attached hydrogens (tertiary/aromatic N) is 1. The maximum atomic E-state index is 12.3. The third-order valence-electron chi connectivity index (χ3n) is 3.77. The monoisotopic (exact) mass is 398 g/mol. The number of fused-ring (bicyclic) bond motifs is 1. The van der Waals surface area contributed by atoms with Crippen LogP contribution in [0, 0.1) is 0 Å². The van der Waals surface area contributed by atoms with Gasteiger partial charge in [-0.25, -0.2) is 9.78 Å². The van der Waals surface area contributed by atoms with Crippen LogP contribution in [0.15, 0.2) is 47.8 Å². The minimum Gasteiger partial charge on any atom is -0.466 e. The van der Waals surface area contributed by atoms with Crippen LogP contribution in [0.3, 0.4) is 0 Å². The molecule has 0 aliphatic rings. The largest absolute Gasteiger partial charge is 0.466 e. The minimum absolute atomic E-state index is 0.0380. The number of thiazole rings is 1. The average molecular weight is 398 g/mol. The maximum Gasteiger partial charge on any atom is 0.339 e. The molecular formula is C20H18N2O5S. The summed E-state index contributed by atoms with van der Waals surface area (Å²) >= 11 is 1.18. The van der Waals surface area contributed by atoms with Crippen LogP contribution >= 0.6 is 11.3 Å². The number of ether oxygens (including phenoxy) is 2. The number of amides is 1. The smallest absolute Gasteiger partial charge is 0.339 e. The molecule has 1 amide bonds. The van der Waals surface area contributed by atoms with E-state index < -0.39 is 18.5 Å². The van der Waals surface area contributed by atoms with Gasteiger partial charge in [-0.15, -0.1) is 11.3 Å². The zero-order valence-electron chi connectivity index (χ0n) is 15.1. The van der Waals surface area contributed by atoms with Gasteiger partial charge < -0.3 is 9.47 Å². The molecule has 0 saturated heterocycles. The predicted molar refractivity (Wildman–Crippen MR) is 105 cm³/mol. The summed E-state index contributed by atoms with van der Waals surface area (Å²) in [6, 6.07) is 12.8. The van der Waals surface area contributed by atoms with Crippen LogP contribution < -0.4 is 5.32 Å². The lowest BCUT2D eigenvalue weighted by molar-refractivity contribution is -0.142. The van der Waals surface area contributed by atoms with Crippen LogP contribution in [0.25, 0.3) is 10.8 Å². The summed E-state index contributed by atoms with van der Waals surface area (Å²) in [6.45, 7) is 1.59. The summed E-state index contributed by atoms with van der Waals surface area (Å²) in [4.78, 5) is 40.0. The fourth-order valence-electron chi connectivity index (χ4n) is 2.57. The Balaban J connectivity index is 1.55. The summed E-state index contributed by atoms with van der Waals surface area (Å²) in [5.74, 6) is -1.46. The molecule has 1 heterocycles. The summed E-state index contributed by atoms with van der Waals surface area (Å²) in [5.41, 5.74) is 0.906. The van der Waals surface area contributed by atoms with Crippen molar-refractivity contribution in [1.82, 2.24) is 4.98 Å². The van der Waals surface area contributed by atoms with Gasteiger partial charge in [-0.3, -0.25) is 14.9 Å². The number of hydrogen-bond acceptors (Lipinski definition) is 7. The van der Waals surface area contributed by atoms with E-state index in [-0.39, 0.29) is 12.4 Å². The van der Waals surface area contributed by atoms with E-state index in [0.717, 1.165) is 10.8 Å². The molecule has 0 aliphatic heterocycles. The Bertz CT molecular complexity index is 1010. The molecule has 0 radical (unpaired) electrons. The zero-order chi connectivity index (χ0) is 19.9. The van der Waals surface area contributed by atoms with Crippen molar-refractivity contribution >= 4 is 45.1 Å². The van der Waals surface area contributed by atoms with Crippen molar-refractivity contribution in [2.75, 3.05) is 18.5 Å². The van der Waals surface area contributed by atoms with Crippen LogP contribution in [-0.2, 0) is 25.5 Å². The van der Waals surface area contributed by atoms with Crippen molar-refractivity contribution in [2.45, 2.75) is 13.3 Å². The Morgan fingerprint density at radius 3 is 2.68 bits per heavy atom. The molecule has 0 aliphatic carbocycles. The molecule has 8 heteroatoms. The van der Waals surface area contributed by atoms with E-state index in [1.165, 1.54) is 11.3 Å². The summed E-state index contributed by atoms with van der Waals surface area (Å²) in [7, 11) is 0. The number of hydrogen-bond donors (Lipinski definition) is 1. The van der Waals surface area contributed by atoms with E-state index in [2.05, 4.69) is 10.3 Å². The Morgan fingerprint density at radius 1 is 1.07 bits per heavy atom. The lowest BCUT2D eigenvalue weighted by atomic mass is 10.1. The van der Waals surface area contributed by atoms with E-state index in [1.807, 2.05) is 30.3 Å². The van der Waals surface area contributed by atoms with Crippen molar-refractivity contribution < 1.29 is 23.9 Å². The van der Waals surface area contributed by atoms with E-state index >= 15 is 0 Å². The third kappa shape index (κ3) is 4.92. The van der Waals surface area contributed by atoms with Crippen molar-refractivity contribution in [2.24, 2.45) is 0 Å². The molecule has 0 bridgehead atoms. The summed E-state index contributed by atoms with van der Waals surface area (Å²) in [6.07, 6.45) is 0.0380. The van der Waals surface area contributed by atoms with Gasteiger partial charge in [0.05, 0.1) is 24.3 Å². The molecule has 0 fully saturated rings. The highest BCUT2D eigenvalue weighted by Gasteiger charge is 2.15. The highest BCUT2D eigenvalue weighted by molar-refractivity contribution is 7.13. The van der Waals surface area contributed by atoms with Gasteiger partial charge in [0.1, 0.15) is 0 Å². The number of aromatic nitrogens is 1. The third-order valence-corrected chi connectivity index (χ3v) is 4.58. The van der Waals surface area contributed by atoms with Crippen LogP contribution in [0.4, 0.5) is 5.13 Å². The molecule has 144 valence electrons. The number of rotatable bonds is 7. The predicted octanol–water partition coefficient (Wildman–Crippen LogP) is 3.20.